The van der Waals surface area contributed by atoms with Crippen LogP contribution in [0.2, 0.25) is 0 Å². The number of methoxy groups -OCH3 is 2. The molecule has 178 valence electrons. The second-order valence-corrected chi connectivity index (χ2v) is 8.13. The van der Waals surface area contributed by atoms with Gasteiger partial charge in [0.1, 0.15) is 0 Å². The lowest BCUT2D eigenvalue weighted by atomic mass is 10.0. The second kappa shape index (κ2) is 9.72. The van der Waals surface area contributed by atoms with E-state index < -0.39 is 47.6 Å². The topological polar surface area (TPSA) is 60.4 Å². The first-order chi connectivity index (χ1) is 16.3. The number of rotatable bonds is 7. The van der Waals surface area contributed by atoms with E-state index in [4.69, 9.17) is 14.2 Å². The largest absolute Gasteiger partial charge is 0.493 e. The highest BCUT2D eigenvalue weighted by atomic mass is 32.1. The molecule has 34 heavy (non-hydrogen) atoms. The predicted molar refractivity (Wildman–Crippen MR) is 116 cm³/mol. The smallest absolute Gasteiger partial charge is 0.281 e. The maximum absolute atomic E-state index is 13.9. The normalized spacial score (nSPS) is 15.3. The molecule has 1 atom stereocenters. The summed E-state index contributed by atoms with van der Waals surface area (Å²) in [6, 6.07) is 8.26. The molecule has 0 radical (unpaired) electrons. The quantitative estimate of drug-likeness (QED) is 0.340. The van der Waals surface area contributed by atoms with Gasteiger partial charge in [-0.25, -0.2) is 13.8 Å². The second-order valence-electron chi connectivity index (χ2n) is 7.18. The molecule has 1 amide bonds. The van der Waals surface area contributed by atoms with Gasteiger partial charge in [-0.15, -0.1) is 11.3 Å². The van der Waals surface area contributed by atoms with E-state index in [-0.39, 0.29) is 6.07 Å². The molecule has 0 aliphatic carbocycles. The molecule has 1 aromatic heterocycles. The molecule has 1 aliphatic rings. The molecule has 2 aromatic carbocycles. The van der Waals surface area contributed by atoms with E-state index in [1.54, 1.807) is 18.2 Å². The minimum atomic E-state index is -1.73. The third-order valence-corrected chi connectivity index (χ3v) is 6.09. The maximum Gasteiger partial charge on any atom is 0.281 e. The van der Waals surface area contributed by atoms with Crippen molar-refractivity contribution in [1.29, 1.82) is 0 Å². The summed E-state index contributed by atoms with van der Waals surface area (Å²) in [5.41, 5.74) is 1.28. The molecule has 0 saturated heterocycles. The highest BCUT2D eigenvalue weighted by Crippen LogP contribution is 2.38. The van der Waals surface area contributed by atoms with Crippen LogP contribution < -0.4 is 14.2 Å². The van der Waals surface area contributed by atoms with Crippen LogP contribution in [0.15, 0.2) is 46.9 Å². The Hall–Kier alpha value is -3.60. The number of carbonyl (C=O) groups excluding carboxylic acids is 1. The number of hydrogen-bond donors (Lipinski definition) is 0. The SMILES string of the molecule is COc1ccc(C2CC(c3cccs3)=NN2C(=O)COc2c(F)c(F)cc(F)c2F)cc1OC. The highest BCUT2D eigenvalue weighted by Gasteiger charge is 2.34. The van der Waals surface area contributed by atoms with Gasteiger partial charge in [-0.2, -0.15) is 13.9 Å². The molecule has 1 aliphatic heterocycles. The Labute approximate surface area is 196 Å². The summed E-state index contributed by atoms with van der Waals surface area (Å²) in [6.07, 6.45) is 0.346. The van der Waals surface area contributed by atoms with Crippen LogP contribution in [0.25, 0.3) is 0 Å². The van der Waals surface area contributed by atoms with Gasteiger partial charge in [0.05, 0.1) is 30.9 Å². The van der Waals surface area contributed by atoms with Crippen LogP contribution in [0.4, 0.5) is 17.6 Å². The van der Waals surface area contributed by atoms with E-state index in [2.05, 4.69) is 5.10 Å². The Morgan fingerprint density at radius 3 is 2.38 bits per heavy atom. The number of halogens is 4. The predicted octanol–water partition coefficient (Wildman–Crippen LogP) is 5.08. The van der Waals surface area contributed by atoms with Gasteiger partial charge in [-0.1, -0.05) is 12.1 Å². The summed E-state index contributed by atoms with van der Waals surface area (Å²) >= 11 is 1.44. The van der Waals surface area contributed by atoms with Crippen LogP contribution >= 0.6 is 11.3 Å². The zero-order chi connectivity index (χ0) is 24.4. The van der Waals surface area contributed by atoms with Crippen molar-refractivity contribution in [3.63, 3.8) is 0 Å². The first-order valence-electron chi connectivity index (χ1n) is 9.95. The van der Waals surface area contributed by atoms with Crippen molar-refractivity contribution < 1.29 is 36.6 Å². The van der Waals surface area contributed by atoms with Crippen LogP contribution in [0, 0.1) is 23.3 Å². The zero-order valence-electron chi connectivity index (χ0n) is 18.0. The molecule has 2 heterocycles. The molecule has 4 rings (SSSR count). The Balaban J connectivity index is 1.63. The fraction of sp³-hybridized carbons (Fsp3) is 0.217. The summed E-state index contributed by atoms with van der Waals surface area (Å²) in [5.74, 6) is -7.88. The van der Waals surface area contributed by atoms with Crippen molar-refractivity contribution in [1.82, 2.24) is 5.01 Å². The number of hydrazone groups is 1. The van der Waals surface area contributed by atoms with Gasteiger partial charge in [0.15, 0.2) is 35.5 Å². The van der Waals surface area contributed by atoms with Crippen molar-refractivity contribution in [2.24, 2.45) is 5.10 Å². The average Bonchev–Trinajstić information content (AvgIpc) is 3.52. The van der Waals surface area contributed by atoms with Crippen LogP contribution in [0.5, 0.6) is 17.2 Å². The maximum atomic E-state index is 13.9. The number of carbonyl (C=O) groups is 1. The number of nitrogens with zero attached hydrogens (tertiary/aromatic N) is 2. The lowest BCUT2D eigenvalue weighted by molar-refractivity contribution is -0.135. The minimum Gasteiger partial charge on any atom is -0.493 e. The third kappa shape index (κ3) is 4.43. The van der Waals surface area contributed by atoms with E-state index >= 15 is 0 Å². The van der Waals surface area contributed by atoms with Crippen molar-refractivity contribution in [2.75, 3.05) is 20.8 Å². The van der Waals surface area contributed by atoms with Crippen LogP contribution in [-0.2, 0) is 4.79 Å². The summed E-state index contributed by atoms with van der Waals surface area (Å²) < 4.78 is 70.3. The standard InChI is InChI=1S/C23H18F4N2O4S/c1-31-17-6-5-12(8-18(17)32-2)16-10-15(19-4-3-7-34-19)28-29(16)20(30)11-33-23-21(26)13(24)9-14(25)22(23)27/h3-9,16H,10-11H2,1-2H3. The fourth-order valence-corrected chi connectivity index (χ4v) is 4.25. The molecule has 11 heteroatoms. The highest BCUT2D eigenvalue weighted by molar-refractivity contribution is 7.12. The molecule has 0 N–H and O–H groups in total. The van der Waals surface area contributed by atoms with Gasteiger partial charge >= 0.3 is 0 Å². The van der Waals surface area contributed by atoms with Crippen molar-refractivity contribution in [2.45, 2.75) is 12.5 Å². The Bertz CT molecular complexity index is 1220. The van der Waals surface area contributed by atoms with Gasteiger partial charge < -0.3 is 14.2 Å². The molecular formula is C23H18F4N2O4S. The zero-order valence-corrected chi connectivity index (χ0v) is 18.8. The third-order valence-electron chi connectivity index (χ3n) is 5.18. The minimum absolute atomic E-state index is 0.0600. The summed E-state index contributed by atoms with van der Waals surface area (Å²) in [4.78, 5) is 13.8. The molecule has 0 fully saturated rings. The van der Waals surface area contributed by atoms with Crippen molar-refractivity contribution >= 4 is 23.0 Å². The molecular weight excluding hydrogens is 476 g/mol. The van der Waals surface area contributed by atoms with E-state index in [0.29, 0.717) is 29.2 Å². The first kappa shape index (κ1) is 23.6. The van der Waals surface area contributed by atoms with Crippen LogP contribution in [-0.4, -0.2) is 37.5 Å². The molecule has 0 spiro atoms. The van der Waals surface area contributed by atoms with Gasteiger partial charge in [-0.05, 0) is 29.1 Å². The van der Waals surface area contributed by atoms with Gasteiger partial charge in [0.25, 0.3) is 5.91 Å². The molecule has 0 saturated carbocycles. The van der Waals surface area contributed by atoms with Gasteiger partial charge in [0, 0.05) is 12.5 Å². The number of thiophene rings is 1. The van der Waals surface area contributed by atoms with Crippen LogP contribution in [0.3, 0.4) is 0 Å². The van der Waals surface area contributed by atoms with E-state index in [0.717, 1.165) is 9.89 Å². The van der Waals surface area contributed by atoms with Crippen molar-refractivity contribution in [3.05, 3.63) is 75.5 Å². The summed E-state index contributed by atoms with van der Waals surface area (Å²) in [5, 5.41) is 7.39. The van der Waals surface area contributed by atoms with Gasteiger partial charge in [-0.3, -0.25) is 4.79 Å². The van der Waals surface area contributed by atoms with Crippen LogP contribution in [0.1, 0.15) is 22.9 Å². The van der Waals surface area contributed by atoms with Gasteiger partial charge in [0.2, 0.25) is 11.6 Å². The lowest BCUT2D eigenvalue weighted by Crippen LogP contribution is -2.31. The number of amides is 1. The Kier molecular flexibility index (Phi) is 6.73. The van der Waals surface area contributed by atoms with E-state index in [1.165, 1.54) is 25.6 Å². The summed E-state index contributed by atoms with van der Waals surface area (Å²) in [6.45, 7) is -0.901. The average molecular weight is 494 g/mol. The monoisotopic (exact) mass is 494 g/mol. The fourth-order valence-electron chi connectivity index (χ4n) is 3.53. The molecule has 0 bridgehead atoms. The molecule has 6 nitrogen and oxygen atoms in total. The number of benzene rings is 2. The molecule has 3 aromatic rings. The van der Waals surface area contributed by atoms with E-state index in [1.807, 2.05) is 17.5 Å². The number of hydrogen-bond acceptors (Lipinski definition) is 6. The first-order valence-corrected chi connectivity index (χ1v) is 10.8. The molecule has 1 unspecified atom stereocenters. The van der Waals surface area contributed by atoms with E-state index in [9.17, 15) is 22.4 Å². The Morgan fingerprint density at radius 1 is 1.06 bits per heavy atom. The van der Waals surface area contributed by atoms with Crippen molar-refractivity contribution in [3.8, 4) is 17.2 Å². The summed E-state index contributed by atoms with van der Waals surface area (Å²) in [7, 11) is 2.97. The number of ether oxygens (including phenoxy) is 3. The Morgan fingerprint density at radius 2 is 1.76 bits per heavy atom. The lowest BCUT2D eigenvalue weighted by Gasteiger charge is -2.23.